The van der Waals surface area contributed by atoms with Crippen LogP contribution in [-0.2, 0) is 9.47 Å². The Morgan fingerprint density at radius 3 is 2.62 bits per heavy atom. The molecule has 0 aliphatic rings. The van der Waals surface area contributed by atoms with Crippen LogP contribution in [0.25, 0.3) is 0 Å². The topological polar surface area (TPSA) is 71.0 Å². The van der Waals surface area contributed by atoms with Gasteiger partial charge in [-0.2, -0.15) is 0 Å². The van der Waals surface area contributed by atoms with Gasteiger partial charge in [0.15, 0.2) is 0 Å². The zero-order chi connectivity index (χ0) is 12.2. The second-order valence-electron chi connectivity index (χ2n) is 3.93. The van der Waals surface area contributed by atoms with Crippen molar-refractivity contribution in [2.45, 2.75) is 32.5 Å². The molecule has 5 nitrogen and oxygen atoms in total. The monoisotopic (exact) mass is 235 g/mol. The number of ether oxygens (including phenoxy) is 2. The first-order valence-electron chi connectivity index (χ1n) is 5.85. The quantitative estimate of drug-likeness (QED) is 0.431. The molecule has 0 bridgehead atoms. The minimum atomic E-state index is -0.502. The SMILES string of the molecule is CC(C)OCCOCC(O)CNCCCO. The molecule has 1 unspecified atom stereocenters. The smallest absolute Gasteiger partial charge is 0.0897 e. The molecule has 0 aromatic rings. The average molecular weight is 235 g/mol. The third-order valence-corrected chi connectivity index (χ3v) is 1.88. The Bertz CT molecular complexity index is 144. The minimum Gasteiger partial charge on any atom is -0.396 e. The first-order chi connectivity index (χ1) is 7.66. The first kappa shape index (κ1) is 15.8. The van der Waals surface area contributed by atoms with Gasteiger partial charge >= 0.3 is 0 Å². The van der Waals surface area contributed by atoms with E-state index < -0.39 is 6.10 Å². The molecule has 0 aliphatic carbocycles. The third kappa shape index (κ3) is 11.9. The van der Waals surface area contributed by atoms with Crippen LogP contribution in [0.1, 0.15) is 20.3 Å². The van der Waals surface area contributed by atoms with E-state index in [-0.39, 0.29) is 12.7 Å². The minimum absolute atomic E-state index is 0.173. The van der Waals surface area contributed by atoms with Crippen molar-refractivity contribution >= 4 is 0 Å². The summed E-state index contributed by atoms with van der Waals surface area (Å²) in [6, 6.07) is 0. The molecule has 16 heavy (non-hydrogen) atoms. The zero-order valence-electron chi connectivity index (χ0n) is 10.3. The van der Waals surface area contributed by atoms with Crippen LogP contribution in [-0.4, -0.2) is 61.9 Å². The van der Waals surface area contributed by atoms with E-state index in [1.165, 1.54) is 0 Å². The van der Waals surface area contributed by atoms with Crippen LogP contribution < -0.4 is 5.32 Å². The van der Waals surface area contributed by atoms with Crippen LogP contribution >= 0.6 is 0 Å². The highest BCUT2D eigenvalue weighted by Crippen LogP contribution is 1.89. The normalized spacial score (nSPS) is 13.3. The second-order valence-corrected chi connectivity index (χ2v) is 3.93. The van der Waals surface area contributed by atoms with Crippen molar-refractivity contribution in [2.24, 2.45) is 0 Å². The van der Waals surface area contributed by atoms with E-state index in [2.05, 4.69) is 5.32 Å². The molecule has 0 fully saturated rings. The summed E-state index contributed by atoms with van der Waals surface area (Å²) in [5, 5.41) is 21.0. The predicted molar refractivity (Wildman–Crippen MR) is 62.5 cm³/mol. The van der Waals surface area contributed by atoms with Crippen LogP contribution in [0.4, 0.5) is 0 Å². The fourth-order valence-electron chi connectivity index (χ4n) is 1.09. The molecule has 0 radical (unpaired) electrons. The molecule has 0 aromatic heterocycles. The Morgan fingerprint density at radius 2 is 2.00 bits per heavy atom. The molecule has 5 heteroatoms. The van der Waals surface area contributed by atoms with Gasteiger partial charge in [-0.25, -0.2) is 0 Å². The highest BCUT2D eigenvalue weighted by molar-refractivity contribution is 4.58. The van der Waals surface area contributed by atoms with Crippen LogP contribution in [0.3, 0.4) is 0 Å². The lowest BCUT2D eigenvalue weighted by Crippen LogP contribution is -2.31. The van der Waals surface area contributed by atoms with E-state index in [9.17, 15) is 5.11 Å². The molecule has 0 heterocycles. The molecular weight excluding hydrogens is 210 g/mol. The van der Waals surface area contributed by atoms with Gasteiger partial charge in [-0.05, 0) is 26.8 Å². The Kier molecular flexibility index (Phi) is 11.1. The number of aliphatic hydroxyl groups excluding tert-OH is 2. The number of aliphatic hydroxyl groups is 2. The van der Waals surface area contributed by atoms with Crippen LogP contribution in [0.5, 0.6) is 0 Å². The molecule has 0 rings (SSSR count). The van der Waals surface area contributed by atoms with Gasteiger partial charge in [0.25, 0.3) is 0 Å². The van der Waals surface area contributed by atoms with Gasteiger partial charge in [0, 0.05) is 13.2 Å². The Balaban J connectivity index is 3.14. The summed E-state index contributed by atoms with van der Waals surface area (Å²) in [6.45, 7) is 6.70. The van der Waals surface area contributed by atoms with E-state index in [1.807, 2.05) is 13.8 Å². The maximum atomic E-state index is 9.47. The molecule has 0 aromatic carbocycles. The lowest BCUT2D eigenvalue weighted by molar-refractivity contribution is -0.00996. The van der Waals surface area contributed by atoms with Gasteiger partial charge in [0.05, 0.1) is 32.0 Å². The van der Waals surface area contributed by atoms with E-state index >= 15 is 0 Å². The van der Waals surface area contributed by atoms with E-state index in [0.29, 0.717) is 39.3 Å². The van der Waals surface area contributed by atoms with E-state index in [0.717, 1.165) is 0 Å². The summed E-state index contributed by atoms with van der Waals surface area (Å²) in [5.41, 5.74) is 0. The zero-order valence-corrected chi connectivity index (χ0v) is 10.3. The van der Waals surface area contributed by atoms with Crippen LogP contribution in [0.2, 0.25) is 0 Å². The van der Waals surface area contributed by atoms with Crippen molar-refractivity contribution in [3.8, 4) is 0 Å². The third-order valence-electron chi connectivity index (χ3n) is 1.88. The van der Waals surface area contributed by atoms with Crippen molar-refractivity contribution in [3.05, 3.63) is 0 Å². The lowest BCUT2D eigenvalue weighted by Gasteiger charge is -2.13. The highest BCUT2D eigenvalue weighted by Gasteiger charge is 2.03. The predicted octanol–water partition coefficient (Wildman–Crippen LogP) is -0.239. The molecule has 1 atom stereocenters. The molecular formula is C11H25NO4. The Labute approximate surface area is 97.8 Å². The standard InChI is InChI=1S/C11H25NO4/c1-10(2)16-7-6-15-9-11(14)8-12-4-3-5-13/h10-14H,3-9H2,1-2H3. The number of nitrogens with one attached hydrogen (secondary N) is 1. The van der Waals surface area contributed by atoms with Crippen molar-refractivity contribution in [3.63, 3.8) is 0 Å². The molecule has 0 saturated heterocycles. The lowest BCUT2D eigenvalue weighted by atomic mass is 10.3. The van der Waals surface area contributed by atoms with Gasteiger partial charge in [-0.1, -0.05) is 0 Å². The van der Waals surface area contributed by atoms with Gasteiger partial charge in [0.1, 0.15) is 0 Å². The molecule has 0 amide bonds. The summed E-state index contributed by atoms with van der Waals surface area (Å²) < 4.78 is 10.5. The molecule has 98 valence electrons. The van der Waals surface area contributed by atoms with Crippen molar-refractivity contribution < 1.29 is 19.7 Å². The molecule has 3 N–H and O–H groups in total. The fourth-order valence-corrected chi connectivity index (χ4v) is 1.09. The number of hydrogen-bond donors (Lipinski definition) is 3. The molecule has 0 spiro atoms. The summed E-state index contributed by atoms with van der Waals surface area (Å²) in [6.07, 6.45) is 0.418. The number of rotatable bonds is 11. The van der Waals surface area contributed by atoms with Crippen molar-refractivity contribution in [1.29, 1.82) is 0 Å². The maximum Gasteiger partial charge on any atom is 0.0897 e. The van der Waals surface area contributed by atoms with Crippen molar-refractivity contribution in [1.82, 2.24) is 5.32 Å². The Hall–Kier alpha value is -0.200. The Morgan fingerprint density at radius 1 is 1.25 bits per heavy atom. The van der Waals surface area contributed by atoms with Crippen LogP contribution in [0.15, 0.2) is 0 Å². The number of hydrogen-bond acceptors (Lipinski definition) is 5. The van der Waals surface area contributed by atoms with Crippen LogP contribution in [0, 0.1) is 0 Å². The molecule has 0 aliphatic heterocycles. The van der Waals surface area contributed by atoms with E-state index in [1.54, 1.807) is 0 Å². The fraction of sp³-hybridized carbons (Fsp3) is 1.00. The maximum absolute atomic E-state index is 9.47. The average Bonchev–Trinajstić information content (AvgIpc) is 2.23. The second kappa shape index (κ2) is 11.3. The van der Waals surface area contributed by atoms with E-state index in [4.69, 9.17) is 14.6 Å². The summed E-state index contributed by atoms with van der Waals surface area (Å²) >= 11 is 0. The highest BCUT2D eigenvalue weighted by atomic mass is 16.5. The van der Waals surface area contributed by atoms with Gasteiger partial charge in [-0.15, -0.1) is 0 Å². The van der Waals surface area contributed by atoms with Gasteiger partial charge in [-0.3, -0.25) is 0 Å². The largest absolute Gasteiger partial charge is 0.396 e. The summed E-state index contributed by atoms with van der Waals surface area (Å²) in [4.78, 5) is 0. The van der Waals surface area contributed by atoms with Gasteiger partial charge in [0.2, 0.25) is 0 Å². The first-order valence-corrected chi connectivity index (χ1v) is 5.85. The van der Waals surface area contributed by atoms with Crippen molar-refractivity contribution in [2.75, 3.05) is 39.5 Å². The summed E-state index contributed by atoms with van der Waals surface area (Å²) in [5.74, 6) is 0. The van der Waals surface area contributed by atoms with Gasteiger partial charge < -0.3 is 25.0 Å². The molecule has 0 saturated carbocycles. The summed E-state index contributed by atoms with van der Waals surface area (Å²) in [7, 11) is 0.